The summed E-state index contributed by atoms with van der Waals surface area (Å²) in [4.78, 5) is 0. The van der Waals surface area contributed by atoms with E-state index in [1.807, 2.05) is 6.92 Å². The van der Waals surface area contributed by atoms with Crippen LogP contribution in [0, 0.1) is 14.0 Å². The molecule has 0 atom stereocenters. The molecule has 0 aromatic rings. The molecule has 12 heavy (non-hydrogen) atoms. The van der Waals surface area contributed by atoms with Crippen LogP contribution in [0.5, 0.6) is 0 Å². The van der Waals surface area contributed by atoms with Crippen LogP contribution in [0.3, 0.4) is 0 Å². The van der Waals surface area contributed by atoms with Gasteiger partial charge in [0.25, 0.3) is 0 Å². The molecular weight excluding hydrogens is 609 g/mol. The van der Waals surface area contributed by atoms with Crippen molar-refractivity contribution in [2.24, 2.45) is 0 Å². The van der Waals surface area contributed by atoms with Gasteiger partial charge in [0.1, 0.15) is 0 Å². The van der Waals surface area contributed by atoms with Gasteiger partial charge in [-0.3, -0.25) is 0 Å². The summed E-state index contributed by atoms with van der Waals surface area (Å²) in [5.74, 6) is 0. The zero-order valence-corrected chi connectivity index (χ0v) is 25.0. The van der Waals surface area contributed by atoms with E-state index in [4.69, 9.17) is 0 Å². The number of hydrogen-bond acceptors (Lipinski definition) is 1. The van der Waals surface area contributed by atoms with Crippen molar-refractivity contribution in [3.63, 3.8) is 0 Å². The molecule has 7 heteroatoms. The summed E-state index contributed by atoms with van der Waals surface area (Å²) in [6, 6.07) is 0. The van der Waals surface area contributed by atoms with Crippen molar-refractivity contribution in [1.29, 1.82) is 0 Å². The molecule has 0 amide bonds. The van der Waals surface area contributed by atoms with Crippen molar-refractivity contribution in [3.05, 3.63) is 14.0 Å². The van der Waals surface area contributed by atoms with Crippen LogP contribution in [0.15, 0.2) is 0 Å². The Bertz CT molecular complexity index is 17.9. The third-order valence-electron chi connectivity index (χ3n) is 0.204. The first-order valence-electron chi connectivity index (χ1n) is 1.99. The predicted molar refractivity (Wildman–Crippen MR) is 28.0 cm³/mol. The van der Waals surface area contributed by atoms with E-state index in [0.717, 1.165) is 0 Å². The Morgan fingerprint density at radius 2 is 0.917 bits per heavy atom. The minimum absolute atomic E-state index is 0. The second-order valence-corrected chi connectivity index (χ2v) is 0.493. The second-order valence-electron chi connectivity index (χ2n) is 0.493. The molecule has 0 saturated heterocycles. The molecule has 0 unspecified atom stereocenters. The Balaban J connectivity index is -0.00000000317. The van der Waals surface area contributed by atoms with Gasteiger partial charge in [0.2, 0.25) is 0 Å². The molecule has 0 fully saturated rings. The van der Waals surface area contributed by atoms with E-state index >= 15 is 0 Å². The van der Waals surface area contributed by atoms with Gasteiger partial charge in [0, 0.05) is 203 Å². The molecule has 1 nitrogen and oxygen atoms in total. The van der Waals surface area contributed by atoms with Crippen LogP contribution < -0.4 is 0 Å². The maximum Gasteiger partial charge on any atom is 0.00804 e. The molecular formula is C5H12OY6-2. The summed E-state index contributed by atoms with van der Waals surface area (Å²) >= 11 is 0. The van der Waals surface area contributed by atoms with Gasteiger partial charge < -0.3 is 11.7 Å². The van der Waals surface area contributed by atoms with E-state index in [1.54, 1.807) is 6.92 Å². The molecule has 0 heterocycles. The van der Waals surface area contributed by atoms with Crippen LogP contribution in [0.2, 0.25) is 0 Å². The summed E-state index contributed by atoms with van der Waals surface area (Å²) in [7, 11) is 3.10. The van der Waals surface area contributed by atoms with Crippen molar-refractivity contribution < 1.29 is 201 Å². The minimum Gasteiger partial charge on any atom is -0.555 e. The molecule has 0 aliphatic carbocycles. The summed E-state index contributed by atoms with van der Waals surface area (Å²) in [5, 5.41) is 0. The van der Waals surface area contributed by atoms with Crippen LogP contribution in [-0.4, -0.2) is 6.61 Å². The average molecular weight is 622 g/mol. The van der Waals surface area contributed by atoms with Crippen LogP contribution in [0.25, 0.3) is 0 Å². The molecule has 0 aliphatic rings. The average Bonchev–Trinajstić information content (AvgIpc) is 1.72. The molecule has 0 aromatic heterocycles. The fraction of sp³-hybridized carbons (Fsp3) is 0.600. The molecule has 0 bridgehead atoms. The number of hydrogen-bond donors (Lipinski definition) is 0. The second kappa shape index (κ2) is 65.6. The zero-order chi connectivity index (χ0) is 5.41. The minimum atomic E-state index is 0. The van der Waals surface area contributed by atoms with E-state index in [0.29, 0.717) is 6.61 Å². The van der Waals surface area contributed by atoms with Gasteiger partial charge >= 0.3 is 0 Å². The van der Waals surface area contributed by atoms with Crippen molar-refractivity contribution in [3.8, 4) is 0 Å². The Morgan fingerprint density at radius 1 is 0.833 bits per heavy atom. The van der Waals surface area contributed by atoms with Crippen molar-refractivity contribution >= 4 is 0 Å². The number of ether oxygens (including phenoxy) is 1. The first-order valence-corrected chi connectivity index (χ1v) is 1.99. The summed E-state index contributed by atoms with van der Waals surface area (Å²) in [6.45, 7) is 7.60. The van der Waals surface area contributed by atoms with Gasteiger partial charge in [0.15, 0.2) is 0 Å². The topological polar surface area (TPSA) is 9.23 Å². The van der Waals surface area contributed by atoms with Gasteiger partial charge in [-0.15, -0.1) is 0 Å². The van der Waals surface area contributed by atoms with Gasteiger partial charge in [-0.25, -0.2) is 7.11 Å². The van der Waals surface area contributed by atoms with Crippen molar-refractivity contribution in [1.82, 2.24) is 0 Å². The SMILES string of the molecule is [CH2-]C.[CH2-]OCC.[Y].[Y].[Y].[Y].[Y].[Y]. The normalized spacial score (nSPS) is 3.00. The van der Waals surface area contributed by atoms with E-state index in [9.17, 15) is 0 Å². The molecule has 0 N–H and O–H groups in total. The quantitative estimate of drug-likeness (QED) is 0.405. The first kappa shape index (κ1) is 51.3. The largest absolute Gasteiger partial charge is 0.555 e. The molecule has 0 aliphatic heterocycles. The molecule has 0 rings (SSSR count). The molecule has 0 aromatic carbocycles. The third-order valence-corrected chi connectivity index (χ3v) is 0.204. The molecule has 0 saturated carbocycles. The van der Waals surface area contributed by atoms with E-state index in [-0.39, 0.29) is 196 Å². The summed E-state index contributed by atoms with van der Waals surface area (Å²) in [5.41, 5.74) is 0. The molecule has 58 valence electrons. The fourth-order valence-corrected chi connectivity index (χ4v) is 0. The van der Waals surface area contributed by atoms with Crippen LogP contribution >= 0.6 is 0 Å². The Morgan fingerprint density at radius 3 is 0.917 bits per heavy atom. The van der Waals surface area contributed by atoms with Crippen LogP contribution in [0.1, 0.15) is 13.8 Å². The van der Waals surface area contributed by atoms with Gasteiger partial charge in [-0.1, -0.05) is 0 Å². The summed E-state index contributed by atoms with van der Waals surface area (Å²) < 4.78 is 4.29. The molecule has 6 radical (unpaired) electrons. The Labute approximate surface area is 229 Å². The van der Waals surface area contributed by atoms with Gasteiger partial charge in [0.05, 0.1) is 0 Å². The Hall–Kier alpha value is 6.58. The monoisotopic (exact) mass is 622 g/mol. The van der Waals surface area contributed by atoms with Gasteiger partial charge in [-0.05, 0) is 6.92 Å². The molecule has 0 spiro atoms. The van der Waals surface area contributed by atoms with Crippen molar-refractivity contribution in [2.45, 2.75) is 13.8 Å². The smallest absolute Gasteiger partial charge is 0.00804 e. The first-order chi connectivity index (χ1) is 2.91. The van der Waals surface area contributed by atoms with E-state index in [2.05, 4.69) is 18.8 Å². The van der Waals surface area contributed by atoms with Gasteiger partial charge in [-0.2, -0.15) is 6.92 Å². The van der Waals surface area contributed by atoms with E-state index < -0.39 is 0 Å². The number of rotatable bonds is 1. The van der Waals surface area contributed by atoms with Crippen LogP contribution in [0.4, 0.5) is 0 Å². The standard InChI is InChI=1S/C3H7O.C2H5.6Y/c1-3-4-2;1-2;;;;;;/h2-3H2,1H3;1H2,2H3;;;;;;/q2*-1;;;;;;. The maximum atomic E-state index is 4.29. The van der Waals surface area contributed by atoms with E-state index in [1.165, 1.54) is 0 Å². The van der Waals surface area contributed by atoms with Crippen LogP contribution in [-0.2, 0) is 201 Å². The van der Waals surface area contributed by atoms with Crippen molar-refractivity contribution in [2.75, 3.05) is 6.61 Å². The maximum absolute atomic E-state index is 4.29. The predicted octanol–water partition coefficient (Wildman–Crippen LogP) is 1.64. The Kier molecular flexibility index (Phi) is 281. The summed E-state index contributed by atoms with van der Waals surface area (Å²) in [6.07, 6.45) is 0. The zero-order valence-electron chi connectivity index (χ0n) is 7.99. The fourth-order valence-electron chi connectivity index (χ4n) is 0. The third kappa shape index (κ3) is 70.0.